The molecule has 0 radical (unpaired) electrons. The molecule has 178 valence electrons. The van der Waals surface area contributed by atoms with E-state index in [9.17, 15) is 14.4 Å². The zero-order valence-electron chi connectivity index (χ0n) is 17.8. The van der Waals surface area contributed by atoms with Crippen LogP contribution in [0.1, 0.15) is 11.1 Å². The second kappa shape index (κ2) is 11.0. The minimum atomic E-state index is -0.539. The molecule has 11 heteroatoms. The van der Waals surface area contributed by atoms with Crippen molar-refractivity contribution in [3.05, 3.63) is 67.5 Å². The molecule has 0 N–H and O–H groups in total. The number of halogens is 3. The molecule has 4 rings (SSSR count). The first-order chi connectivity index (χ1) is 16.3. The molecule has 0 unspecified atom stereocenters. The van der Waals surface area contributed by atoms with Crippen molar-refractivity contribution < 1.29 is 23.9 Å². The highest BCUT2D eigenvalue weighted by Crippen LogP contribution is 2.38. The first-order valence-electron chi connectivity index (χ1n) is 10.3. The van der Waals surface area contributed by atoms with Crippen molar-refractivity contribution >= 4 is 69.7 Å². The van der Waals surface area contributed by atoms with Crippen LogP contribution in [0.3, 0.4) is 0 Å². The molecule has 2 aliphatic rings. The molecule has 7 nitrogen and oxygen atoms in total. The van der Waals surface area contributed by atoms with E-state index in [0.717, 1.165) is 22.2 Å². The summed E-state index contributed by atoms with van der Waals surface area (Å²) in [6.45, 7) is 1.62. The average Bonchev–Trinajstić information content (AvgIpc) is 3.07. The Labute approximate surface area is 215 Å². The fourth-order valence-electron chi connectivity index (χ4n) is 3.40. The van der Waals surface area contributed by atoms with Crippen LogP contribution in [0.4, 0.5) is 4.79 Å². The van der Waals surface area contributed by atoms with Gasteiger partial charge in [0.05, 0.1) is 28.2 Å². The van der Waals surface area contributed by atoms with Crippen molar-refractivity contribution in [3.63, 3.8) is 0 Å². The molecule has 0 spiro atoms. The van der Waals surface area contributed by atoms with Crippen molar-refractivity contribution in [1.82, 2.24) is 9.80 Å². The SMILES string of the molecule is O=C(CN1C(=O)S/C(=C/c2cc(Cl)c(OCc3ccccc3Cl)c(Cl)c2)C1=O)N1CCOCC1. The van der Waals surface area contributed by atoms with Crippen LogP contribution in [-0.2, 0) is 20.9 Å². The first kappa shape index (κ1) is 24.9. The molecule has 2 saturated heterocycles. The van der Waals surface area contributed by atoms with Crippen LogP contribution in [0.25, 0.3) is 6.08 Å². The number of imide groups is 1. The van der Waals surface area contributed by atoms with E-state index < -0.39 is 11.1 Å². The van der Waals surface area contributed by atoms with E-state index in [1.807, 2.05) is 18.2 Å². The minimum absolute atomic E-state index is 0.175. The van der Waals surface area contributed by atoms with Crippen LogP contribution in [-0.4, -0.2) is 59.7 Å². The van der Waals surface area contributed by atoms with E-state index >= 15 is 0 Å². The second-order valence-corrected chi connectivity index (χ2v) is 9.67. The van der Waals surface area contributed by atoms with Crippen molar-refractivity contribution in [2.45, 2.75) is 6.61 Å². The molecule has 0 aromatic heterocycles. The van der Waals surface area contributed by atoms with Crippen molar-refractivity contribution in [1.29, 1.82) is 0 Å². The number of nitrogens with zero attached hydrogens (tertiary/aromatic N) is 2. The van der Waals surface area contributed by atoms with Gasteiger partial charge < -0.3 is 14.4 Å². The standard InChI is InChI=1S/C23H19Cl3N2O5S/c24-16-4-2-1-3-15(16)13-33-21-17(25)9-14(10-18(21)26)11-19-22(30)28(23(31)34-19)12-20(29)27-5-7-32-8-6-27/h1-4,9-11H,5-8,12-13H2/b19-11+. The third kappa shape index (κ3) is 5.70. The van der Waals surface area contributed by atoms with Crippen LogP contribution < -0.4 is 4.74 Å². The molecular weight excluding hydrogens is 523 g/mol. The monoisotopic (exact) mass is 540 g/mol. The van der Waals surface area contributed by atoms with Gasteiger partial charge >= 0.3 is 0 Å². The summed E-state index contributed by atoms with van der Waals surface area (Å²) in [4.78, 5) is 40.3. The molecule has 34 heavy (non-hydrogen) atoms. The smallest absolute Gasteiger partial charge is 0.294 e. The van der Waals surface area contributed by atoms with Crippen LogP contribution in [0.2, 0.25) is 15.1 Å². The van der Waals surface area contributed by atoms with Gasteiger partial charge in [-0.3, -0.25) is 19.3 Å². The van der Waals surface area contributed by atoms with Gasteiger partial charge in [0.15, 0.2) is 5.75 Å². The Balaban J connectivity index is 1.46. The number of morpholine rings is 1. The minimum Gasteiger partial charge on any atom is -0.486 e. The number of carbonyl (C=O) groups excluding carboxylic acids is 3. The van der Waals surface area contributed by atoms with Crippen LogP contribution in [0.5, 0.6) is 5.75 Å². The molecule has 3 amide bonds. The molecule has 0 saturated carbocycles. The quantitative estimate of drug-likeness (QED) is 0.473. The van der Waals surface area contributed by atoms with Crippen LogP contribution in [0, 0.1) is 0 Å². The Kier molecular flexibility index (Phi) is 8.06. The lowest BCUT2D eigenvalue weighted by Gasteiger charge is -2.28. The Morgan fingerprint density at radius 1 is 1.06 bits per heavy atom. The second-order valence-electron chi connectivity index (χ2n) is 7.45. The van der Waals surface area contributed by atoms with E-state index in [1.165, 1.54) is 6.08 Å². The molecule has 2 aliphatic heterocycles. The van der Waals surface area contributed by atoms with E-state index in [4.69, 9.17) is 44.3 Å². The lowest BCUT2D eigenvalue weighted by Crippen LogP contribution is -2.46. The fraction of sp³-hybridized carbons (Fsp3) is 0.261. The van der Waals surface area contributed by atoms with Gasteiger partial charge in [-0.1, -0.05) is 53.0 Å². The molecular formula is C23H19Cl3N2O5S. The number of hydrogen-bond donors (Lipinski definition) is 0. The lowest BCUT2D eigenvalue weighted by atomic mass is 10.2. The molecule has 0 aliphatic carbocycles. The summed E-state index contributed by atoms with van der Waals surface area (Å²) in [6, 6.07) is 10.4. The summed E-state index contributed by atoms with van der Waals surface area (Å²) in [6.07, 6.45) is 1.51. The maximum absolute atomic E-state index is 12.8. The van der Waals surface area contributed by atoms with E-state index in [2.05, 4.69) is 0 Å². The number of thioether (sulfide) groups is 1. The zero-order valence-corrected chi connectivity index (χ0v) is 20.8. The number of amides is 3. The lowest BCUT2D eigenvalue weighted by molar-refractivity contribution is -0.139. The molecule has 0 bridgehead atoms. The summed E-state index contributed by atoms with van der Waals surface area (Å²) in [7, 11) is 0. The van der Waals surface area contributed by atoms with Gasteiger partial charge in [0.2, 0.25) is 5.91 Å². The maximum Gasteiger partial charge on any atom is 0.294 e. The van der Waals surface area contributed by atoms with E-state index in [0.29, 0.717) is 36.9 Å². The number of ether oxygens (including phenoxy) is 2. The topological polar surface area (TPSA) is 76.2 Å². The van der Waals surface area contributed by atoms with Gasteiger partial charge in [-0.05, 0) is 41.6 Å². The van der Waals surface area contributed by atoms with Gasteiger partial charge in [-0.2, -0.15) is 0 Å². The number of carbonyl (C=O) groups is 3. The Hall–Kier alpha value is -2.23. The largest absolute Gasteiger partial charge is 0.486 e. The van der Waals surface area contributed by atoms with Gasteiger partial charge in [-0.25, -0.2) is 0 Å². The molecule has 2 aromatic rings. The fourth-order valence-corrected chi connectivity index (χ4v) is 5.04. The number of hydrogen-bond acceptors (Lipinski definition) is 6. The summed E-state index contributed by atoms with van der Waals surface area (Å²) in [5, 5.41) is 0.545. The van der Waals surface area contributed by atoms with Gasteiger partial charge in [-0.15, -0.1) is 0 Å². The van der Waals surface area contributed by atoms with Crippen molar-refractivity contribution in [2.75, 3.05) is 32.8 Å². The highest BCUT2D eigenvalue weighted by molar-refractivity contribution is 8.18. The average molecular weight is 542 g/mol. The first-order valence-corrected chi connectivity index (χ1v) is 12.2. The third-order valence-electron chi connectivity index (χ3n) is 5.18. The summed E-state index contributed by atoms with van der Waals surface area (Å²) in [5.41, 5.74) is 1.30. The predicted octanol–water partition coefficient (Wildman–Crippen LogP) is 5.12. The Morgan fingerprint density at radius 2 is 1.74 bits per heavy atom. The highest BCUT2D eigenvalue weighted by atomic mass is 35.5. The molecule has 2 heterocycles. The zero-order chi connectivity index (χ0) is 24.2. The van der Waals surface area contributed by atoms with Crippen molar-refractivity contribution in [2.24, 2.45) is 0 Å². The summed E-state index contributed by atoms with van der Waals surface area (Å²) < 4.78 is 11.0. The molecule has 0 atom stereocenters. The summed E-state index contributed by atoms with van der Waals surface area (Å²) >= 11 is 19.7. The number of rotatable bonds is 6. The Bertz CT molecular complexity index is 1140. The highest BCUT2D eigenvalue weighted by Gasteiger charge is 2.37. The van der Waals surface area contributed by atoms with Crippen molar-refractivity contribution in [3.8, 4) is 5.75 Å². The van der Waals surface area contributed by atoms with E-state index in [-0.39, 0.29) is 39.8 Å². The van der Waals surface area contributed by atoms with Crippen LogP contribution in [0.15, 0.2) is 41.3 Å². The van der Waals surface area contributed by atoms with E-state index in [1.54, 1.807) is 23.1 Å². The van der Waals surface area contributed by atoms with Gasteiger partial charge in [0.25, 0.3) is 11.1 Å². The Morgan fingerprint density at radius 3 is 2.41 bits per heavy atom. The maximum atomic E-state index is 12.8. The summed E-state index contributed by atoms with van der Waals surface area (Å²) in [5.74, 6) is -0.550. The van der Waals surface area contributed by atoms with Crippen LogP contribution >= 0.6 is 46.6 Å². The van der Waals surface area contributed by atoms with Gasteiger partial charge in [0.1, 0.15) is 13.2 Å². The predicted molar refractivity (Wildman–Crippen MR) is 132 cm³/mol. The number of benzene rings is 2. The van der Waals surface area contributed by atoms with Gasteiger partial charge in [0, 0.05) is 23.7 Å². The third-order valence-corrected chi connectivity index (χ3v) is 7.02. The normalized spacial score (nSPS) is 17.6. The molecule has 2 aromatic carbocycles. The molecule has 2 fully saturated rings.